The van der Waals surface area contributed by atoms with E-state index in [9.17, 15) is 0 Å². The molecule has 8 aromatic rings. The molecule has 328 valence electrons. The molecule has 6 heteroatoms. The van der Waals surface area contributed by atoms with E-state index in [1.165, 1.54) is 87.6 Å². The summed E-state index contributed by atoms with van der Waals surface area (Å²) in [7, 11) is 0. The van der Waals surface area contributed by atoms with Gasteiger partial charge >= 0.3 is 83.7 Å². The fourth-order valence-corrected chi connectivity index (χ4v) is 8.31. The van der Waals surface area contributed by atoms with Gasteiger partial charge < -0.3 is 24.8 Å². The molecule has 0 saturated carbocycles. The molecular formula is C60H56Cl2Si2Zr2-2. The van der Waals surface area contributed by atoms with Gasteiger partial charge in [0.1, 0.15) is 0 Å². The van der Waals surface area contributed by atoms with Crippen LogP contribution >= 0.6 is 0 Å². The van der Waals surface area contributed by atoms with Crippen LogP contribution in [0.4, 0.5) is 0 Å². The standard InChI is InChI=1S/4C14H11.2C2H6Si.2ClH.2Zr/c4*1-2-6-11(5-1)14-10-9-12-7-3-4-8-13(12)14;2*1-3-2;;;;/h4*1-5,7-10H,6H2;2*1-2H3;2*1H;;/q4*-1;;;;;2*+2/p-2. The Morgan fingerprint density at radius 3 is 0.712 bits per heavy atom. The van der Waals surface area contributed by atoms with Gasteiger partial charge in [-0.15, -0.1) is 162 Å². The first-order valence-electron chi connectivity index (χ1n) is 22.3. The number of allylic oxidation sites excluding steroid dienone is 16. The maximum absolute atomic E-state index is 2.31. The predicted molar refractivity (Wildman–Crippen MR) is 280 cm³/mol. The molecule has 0 N–H and O–H groups in total. The summed E-state index contributed by atoms with van der Waals surface area (Å²) in [6.07, 6.45) is 30.5. The maximum Gasteiger partial charge on any atom is -1.00 e. The van der Waals surface area contributed by atoms with Crippen LogP contribution in [-0.2, 0) is 46.7 Å². The van der Waals surface area contributed by atoms with Gasteiger partial charge in [0.05, 0.1) is 0 Å². The van der Waals surface area contributed by atoms with Crippen LogP contribution in [0.3, 0.4) is 0 Å². The summed E-state index contributed by atoms with van der Waals surface area (Å²) in [5.74, 6) is 0. The Morgan fingerprint density at radius 2 is 0.530 bits per heavy atom. The van der Waals surface area contributed by atoms with Crippen LogP contribution in [0.25, 0.3) is 65.4 Å². The first kappa shape index (κ1) is 53.0. The third-order valence-electron chi connectivity index (χ3n) is 11.2. The fraction of sp³-hybridized carbons (Fsp3) is 0.133. The first-order chi connectivity index (χ1) is 31.3. The van der Waals surface area contributed by atoms with Crippen molar-refractivity contribution in [2.24, 2.45) is 0 Å². The van der Waals surface area contributed by atoms with Crippen LogP contribution < -0.4 is 24.8 Å². The van der Waals surface area contributed by atoms with Crippen molar-refractivity contribution in [2.75, 3.05) is 0 Å². The molecule has 0 nitrogen and oxygen atoms in total. The average molecular weight is 1090 g/mol. The molecule has 0 bridgehead atoms. The summed E-state index contributed by atoms with van der Waals surface area (Å²) in [5, 5.41) is 10.9. The van der Waals surface area contributed by atoms with E-state index in [2.05, 4.69) is 245 Å². The second-order valence-corrected chi connectivity index (χ2v) is 35.4. The normalized spacial score (nSPS) is 13.6. The number of rotatable bonds is 4. The molecule has 0 saturated heterocycles. The Kier molecular flexibility index (Phi) is 21.8. The molecule has 0 heterocycles. The summed E-state index contributed by atoms with van der Waals surface area (Å²) in [6.45, 7) is 9.23. The van der Waals surface area contributed by atoms with Crippen molar-refractivity contribution in [2.45, 2.75) is 51.9 Å². The Bertz CT molecular complexity index is 2720. The van der Waals surface area contributed by atoms with Crippen molar-refractivity contribution in [1.82, 2.24) is 0 Å². The van der Waals surface area contributed by atoms with Gasteiger partial charge in [-0.05, 0) is 25.7 Å². The van der Waals surface area contributed by atoms with Gasteiger partial charge in [0.15, 0.2) is 0 Å². The van der Waals surface area contributed by atoms with Crippen molar-refractivity contribution in [3.63, 3.8) is 0 Å². The molecule has 0 aromatic heterocycles. The summed E-state index contributed by atoms with van der Waals surface area (Å²) >= 11 is 3.48. The smallest absolute Gasteiger partial charge is 1.00 e. The zero-order valence-electron chi connectivity index (χ0n) is 38.4. The van der Waals surface area contributed by atoms with Crippen LogP contribution in [0.5, 0.6) is 0 Å². The Balaban J connectivity index is 0.000000155. The van der Waals surface area contributed by atoms with Crippen molar-refractivity contribution in [3.8, 4) is 0 Å². The van der Waals surface area contributed by atoms with E-state index in [4.69, 9.17) is 0 Å². The van der Waals surface area contributed by atoms with Crippen molar-refractivity contribution in [1.29, 1.82) is 0 Å². The third kappa shape index (κ3) is 14.5. The molecule has 12 rings (SSSR count). The molecule has 0 radical (unpaired) electrons. The summed E-state index contributed by atoms with van der Waals surface area (Å²) in [6, 6.07) is 51.9. The summed E-state index contributed by atoms with van der Waals surface area (Å²) < 4.78 is 0. The predicted octanol–water partition coefficient (Wildman–Crippen LogP) is 11.2. The van der Waals surface area contributed by atoms with Crippen molar-refractivity contribution >= 4 is 76.2 Å². The Morgan fingerprint density at radius 1 is 0.333 bits per heavy atom. The zero-order valence-corrected chi connectivity index (χ0v) is 46.8. The van der Waals surface area contributed by atoms with E-state index in [-0.39, 0.29) is 35.7 Å². The molecule has 0 aliphatic heterocycles. The molecule has 8 aromatic carbocycles. The number of halogens is 2. The van der Waals surface area contributed by atoms with E-state index in [0.717, 1.165) is 25.7 Å². The SMILES string of the molecule is C1=CCC([c-]2ccc3ccccc32)=C1.C1=CCC([c-]2ccc3ccccc32)=C1.C1=CCC([c-]2ccc3ccccc32)=C1.C1=CCC([c-]2ccc3ccccc32)=C1.C[Si](C)=[Zr+2].C[Si](C)=[Zr+2].[Cl-].[Cl-]. The third-order valence-corrected chi connectivity index (χ3v) is 11.2. The number of hydrogen-bond donors (Lipinski definition) is 0. The van der Waals surface area contributed by atoms with E-state index in [1.807, 2.05) is 0 Å². The summed E-state index contributed by atoms with van der Waals surface area (Å²) in [4.78, 5) is 0. The fourth-order valence-electron chi connectivity index (χ4n) is 8.31. The number of fused-ring (bicyclic) bond motifs is 4. The van der Waals surface area contributed by atoms with E-state index < -0.39 is 0 Å². The van der Waals surface area contributed by atoms with Gasteiger partial charge in [-0.1, -0.05) is 144 Å². The van der Waals surface area contributed by atoms with Gasteiger partial charge in [0.2, 0.25) is 0 Å². The molecule has 4 aliphatic carbocycles. The van der Waals surface area contributed by atoms with Crippen molar-refractivity contribution in [3.05, 3.63) is 241 Å². The van der Waals surface area contributed by atoms with Gasteiger partial charge in [0.25, 0.3) is 0 Å². The molecule has 4 aliphatic rings. The molecule has 0 spiro atoms. The zero-order chi connectivity index (χ0) is 44.7. The molecule has 0 fully saturated rings. The topological polar surface area (TPSA) is 0 Å². The van der Waals surface area contributed by atoms with Gasteiger partial charge in [0, 0.05) is 0 Å². The van der Waals surface area contributed by atoms with Gasteiger partial charge in [-0.2, -0.15) is 0 Å². The van der Waals surface area contributed by atoms with Crippen LogP contribution in [-0.4, -0.2) is 10.9 Å². The van der Waals surface area contributed by atoms with E-state index in [1.54, 1.807) is 46.7 Å². The van der Waals surface area contributed by atoms with E-state index >= 15 is 0 Å². The maximum atomic E-state index is 2.31. The van der Waals surface area contributed by atoms with Crippen LogP contribution in [0.2, 0.25) is 26.2 Å². The number of hydrogen-bond acceptors (Lipinski definition) is 0. The quantitative estimate of drug-likeness (QED) is 0.122. The largest absolute Gasteiger partial charge is 1.00 e. The first-order valence-corrected chi connectivity index (χ1v) is 34.7. The van der Waals surface area contributed by atoms with Crippen LogP contribution in [0.1, 0.15) is 47.9 Å². The summed E-state index contributed by atoms with van der Waals surface area (Å²) in [5.41, 5.74) is 11.7. The second-order valence-electron chi connectivity index (χ2n) is 16.6. The van der Waals surface area contributed by atoms with E-state index in [0.29, 0.717) is 0 Å². The molecular weight excluding hydrogens is 1030 g/mol. The van der Waals surface area contributed by atoms with Crippen LogP contribution in [0, 0.1) is 0 Å². The molecule has 0 amide bonds. The molecule has 0 unspecified atom stereocenters. The Labute approximate surface area is 436 Å². The monoisotopic (exact) mass is 1080 g/mol. The average Bonchev–Trinajstić information content (AvgIpc) is 4.16. The minimum Gasteiger partial charge on any atom is -1.00 e. The van der Waals surface area contributed by atoms with Crippen molar-refractivity contribution < 1.29 is 71.5 Å². The van der Waals surface area contributed by atoms with Gasteiger partial charge in [-0.3, -0.25) is 0 Å². The number of benzene rings is 4. The Hall–Kier alpha value is -3.98. The molecule has 66 heavy (non-hydrogen) atoms. The van der Waals surface area contributed by atoms with Gasteiger partial charge in [-0.25, -0.2) is 0 Å². The molecule has 0 atom stereocenters. The second kappa shape index (κ2) is 27.1. The minimum absolute atomic E-state index is 0. The minimum atomic E-state index is 0. The van der Waals surface area contributed by atoms with Crippen LogP contribution in [0.15, 0.2) is 219 Å².